The van der Waals surface area contributed by atoms with Crippen molar-refractivity contribution in [3.05, 3.63) is 12.2 Å². The largest absolute Gasteiger partial charge is 0.377 e. The van der Waals surface area contributed by atoms with Crippen LogP contribution in [0.25, 0.3) is 0 Å². The van der Waals surface area contributed by atoms with Gasteiger partial charge in [0.25, 0.3) is 0 Å². The highest BCUT2D eigenvalue weighted by atomic mass is 16.5. The number of hydrogen-bond acceptors (Lipinski definition) is 4. The Morgan fingerprint density at radius 3 is 2.73 bits per heavy atom. The third-order valence-electron chi connectivity index (χ3n) is 2.48. The van der Waals surface area contributed by atoms with Crippen molar-refractivity contribution < 1.29 is 4.74 Å². The molecule has 2 atom stereocenters. The molecule has 86 valence electrons. The molecule has 0 saturated heterocycles. The predicted octanol–water partition coefficient (Wildman–Crippen LogP) is 0.500. The molecule has 0 aromatic carbocycles. The molecule has 0 spiro atoms. The van der Waals surface area contributed by atoms with Gasteiger partial charge in [0.1, 0.15) is 12.2 Å². The van der Waals surface area contributed by atoms with Gasteiger partial charge in [-0.15, -0.1) is 0 Å². The fourth-order valence-electron chi connectivity index (χ4n) is 1.61. The standard InChI is InChI=1S/C10H20N4O/c1-4-9(15-5-2)8(11)6-10-12-7-13-14(10)3/h7-9H,4-6,11H2,1-3H3. The molecule has 0 amide bonds. The maximum absolute atomic E-state index is 6.07. The molecule has 0 aliphatic heterocycles. The van der Waals surface area contributed by atoms with Crippen molar-refractivity contribution in [1.29, 1.82) is 0 Å². The molecule has 2 unspecified atom stereocenters. The Morgan fingerprint density at radius 2 is 2.27 bits per heavy atom. The molecule has 1 aromatic rings. The molecule has 0 radical (unpaired) electrons. The van der Waals surface area contributed by atoms with Gasteiger partial charge in [-0.25, -0.2) is 4.98 Å². The Bertz CT molecular complexity index is 287. The molecule has 0 aliphatic rings. The third kappa shape index (κ3) is 3.28. The Balaban J connectivity index is 2.53. The van der Waals surface area contributed by atoms with Gasteiger partial charge in [-0.05, 0) is 13.3 Å². The van der Waals surface area contributed by atoms with Crippen LogP contribution in [0.2, 0.25) is 0 Å². The average Bonchev–Trinajstić information content (AvgIpc) is 2.60. The highest BCUT2D eigenvalue weighted by molar-refractivity contribution is 4.90. The number of aryl methyl sites for hydroxylation is 1. The molecule has 5 heteroatoms. The zero-order valence-electron chi connectivity index (χ0n) is 9.68. The smallest absolute Gasteiger partial charge is 0.138 e. The number of hydrogen-bond donors (Lipinski definition) is 1. The third-order valence-corrected chi connectivity index (χ3v) is 2.48. The second-order valence-corrected chi connectivity index (χ2v) is 3.57. The van der Waals surface area contributed by atoms with Crippen molar-refractivity contribution in [3.63, 3.8) is 0 Å². The van der Waals surface area contributed by atoms with Gasteiger partial charge in [0.15, 0.2) is 0 Å². The van der Waals surface area contributed by atoms with Crippen LogP contribution >= 0.6 is 0 Å². The van der Waals surface area contributed by atoms with Crippen molar-refractivity contribution in [3.8, 4) is 0 Å². The normalized spacial score (nSPS) is 15.2. The van der Waals surface area contributed by atoms with Gasteiger partial charge < -0.3 is 10.5 Å². The van der Waals surface area contributed by atoms with E-state index in [0.29, 0.717) is 13.0 Å². The Morgan fingerprint density at radius 1 is 1.53 bits per heavy atom. The first-order chi connectivity index (χ1) is 7.19. The van der Waals surface area contributed by atoms with Crippen molar-refractivity contribution >= 4 is 0 Å². The second kappa shape index (κ2) is 5.82. The fourth-order valence-corrected chi connectivity index (χ4v) is 1.61. The number of nitrogens with zero attached hydrogens (tertiary/aromatic N) is 3. The van der Waals surface area contributed by atoms with Crippen LogP contribution < -0.4 is 5.73 Å². The maximum Gasteiger partial charge on any atom is 0.138 e. The molecule has 1 heterocycles. The van der Waals surface area contributed by atoms with E-state index in [0.717, 1.165) is 12.2 Å². The maximum atomic E-state index is 6.07. The Labute approximate surface area is 90.6 Å². The molecule has 0 saturated carbocycles. The van der Waals surface area contributed by atoms with Crippen LogP contribution in [0.3, 0.4) is 0 Å². The lowest BCUT2D eigenvalue weighted by Crippen LogP contribution is -2.38. The van der Waals surface area contributed by atoms with Gasteiger partial charge in [-0.1, -0.05) is 6.92 Å². The molecule has 0 aliphatic carbocycles. The summed E-state index contributed by atoms with van der Waals surface area (Å²) in [5, 5.41) is 4.01. The Hall–Kier alpha value is -0.940. The molecule has 15 heavy (non-hydrogen) atoms. The highest BCUT2D eigenvalue weighted by Gasteiger charge is 2.18. The van der Waals surface area contributed by atoms with E-state index in [1.165, 1.54) is 0 Å². The van der Waals surface area contributed by atoms with Crippen LogP contribution in [-0.2, 0) is 18.2 Å². The van der Waals surface area contributed by atoms with Gasteiger partial charge in [0.05, 0.1) is 6.10 Å². The van der Waals surface area contributed by atoms with Gasteiger partial charge in [0, 0.05) is 26.1 Å². The van der Waals surface area contributed by atoms with Gasteiger partial charge in [0.2, 0.25) is 0 Å². The molecule has 0 fully saturated rings. The van der Waals surface area contributed by atoms with E-state index in [4.69, 9.17) is 10.5 Å². The summed E-state index contributed by atoms with van der Waals surface area (Å²) >= 11 is 0. The summed E-state index contributed by atoms with van der Waals surface area (Å²) in [6, 6.07) is -0.0159. The summed E-state index contributed by atoms with van der Waals surface area (Å²) in [5.74, 6) is 0.903. The van der Waals surface area contributed by atoms with Crippen molar-refractivity contribution in [1.82, 2.24) is 14.8 Å². The van der Waals surface area contributed by atoms with E-state index in [9.17, 15) is 0 Å². The minimum Gasteiger partial charge on any atom is -0.377 e. The van der Waals surface area contributed by atoms with Crippen molar-refractivity contribution in [2.24, 2.45) is 12.8 Å². The molecular weight excluding hydrogens is 192 g/mol. The summed E-state index contributed by atoms with van der Waals surface area (Å²) in [5.41, 5.74) is 6.07. The lowest BCUT2D eigenvalue weighted by Gasteiger charge is -2.21. The van der Waals surface area contributed by atoms with E-state index >= 15 is 0 Å². The van der Waals surface area contributed by atoms with Crippen molar-refractivity contribution in [2.45, 2.75) is 38.8 Å². The van der Waals surface area contributed by atoms with Crippen LogP contribution in [-0.4, -0.2) is 33.5 Å². The van der Waals surface area contributed by atoms with Crippen LogP contribution in [0.15, 0.2) is 6.33 Å². The van der Waals surface area contributed by atoms with Gasteiger partial charge in [-0.3, -0.25) is 4.68 Å². The lowest BCUT2D eigenvalue weighted by molar-refractivity contribution is 0.0411. The number of nitrogens with two attached hydrogens (primary N) is 1. The predicted molar refractivity (Wildman–Crippen MR) is 58.4 cm³/mol. The number of aromatic nitrogens is 3. The molecule has 1 aromatic heterocycles. The number of ether oxygens (including phenoxy) is 1. The zero-order chi connectivity index (χ0) is 11.3. The second-order valence-electron chi connectivity index (χ2n) is 3.57. The van der Waals surface area contributed by atoms with E-state index in [1.54, 1.807) is 11.0 Å². The summed E-state index contributed by atoms with van der Waals surface area (Å²) in [7, 11) is 1.87. The van der Waals surface area contributed by atoms with E-state index in [2.05, 4.69) is 17.0 Å². The number of rotatable bonds is 6. The first-order valence-corrected chi connectivity index (χ1v) is 5.39. The summed E-state index contributed by atoms with van der Waals surface area (Å²) in [6.45, 7) is 4.76. The van der Waals surface area contributed by atoms with E-state index < -0.39 is 0 Å². The summed E-state index contributed by atoms with van der Waals surface area (Å²) in [4.78, 5) is 4.15. The van der Waals surface area contributed by atoms with Crippen molar-refractivity contribution in [2.75, 3.05) is 6.61 Å². The molecule has 5 nitrogen and oxygen atoms in total. The lowest BCUT2D eigenvalue weighted by atomic mass is 10.1. The van der Waals surface area contributed by atoms with Gasteiger partial charge in [-0.2, -0.15) is 5.10 Å². The quantitative estimate of drug-likeness (QED) is 0.745. The first-order valence-electron chi connectivity index (χ1n) is 5.39. The molecule has 2 N–H and O–H groups in total. The van der Waals surface area contributed by atoms with Crippen LogP contribution in [0.4, 0.5) is 0 Å². The Kier molecular flexibility index (Phi) is 4.71. The van der Waals surface area contributed by atoms with E-state index in [-0.39, 0.29) is 12.1 Å². The average molecular weight is 212 g/mol. The summed E-state index contributed by atoms with van der Waals surface area (Å²) in [6.07, 6.45) is 3.28. The fraction of sp³-hybridized carbons (Fsp3) is 0.800. The van der Waals surface area contributed by atoms with E-state index in [1.807, 2.05) is 14.0 Å². The first kappa shape index (κ1) is 12.1. The molecule has 1 rings (SSSR count). The molecular formula is C10H20N4O. The molecule has 0 bridgehead atoms. The minimum absolute atomic E-state index is 0.0159. The topological polar surface area (TPSA) is 66.0 Å². The zero-order valence-corrected chi connectivity index (χ0v) is 9.68. The minimum atomic E-state index is -0.0159. The summed E-state index contributed by atoms with van der Waals surface area (Å²) < 4.78 is 7.31. The van der Waals surface area contributed by atoms with Crippen LogP contribution in [0.5, 0.6) is 0 Å². The van der Waals surface area contributed by atoms with Gasteiger partial charge >= 0.3 is 0 Å². The SMILES string of the molecule is CCOC(CC)C(N)Cc1ncnn1C. The highest BCUT2D eigenvalue weighted by Crippen LogP contribution is 2.07. The van der Waals surface area contributed by atoms with Crippen LogP contribution in [0.1, 0.15) is 26.1 Å². The van der Waals surface area contributed by atoms with Crippen LogP contribution in [0, 0.1) is 0 Å². The monoisotopic (exact) mass is 212 g/mol.